The number of benzene rings is 1. The van der Waals surface area contributed by atoms with Crippen LogP contribution < -0.4 is 10.1 Å². The van der Waals surface area contributed by atoms with Gasteiger partial charge in [0.2, 0.25) is 5.88 Å². The number of hydrogen-bond donors (Lipinski definition) is 2. The van der Waals surface area contributed by atoms with Crippen molar-refractivity contribution in [2.45, 2.75) is 32.1 Å². The summed E-state index contributed by atoms with van der Waals surface area (Å²) in [4.78, 5) is 11.0. The van der Waals surface area contributed by atoms with Crippen LogP contribution >= 0.6 is 11.3 Å². The Morgan fingerprint density at radius 2 is 2.08 bits per heavy atom. The van der Waals surface area contributed by atoms with Crippen LogP contribution in [0.1, 0.15) is 29.0 Å². The van der Waals surface area contributed by atoms with Crippen molar-refractivity contribution in [3.63, 3.8) is 0 Å². The van der Waals surface area contributed by atoms with Crippen LogP contribution in [0.5, 0.6) is 5.88 Å². The first-order valence-electron chi connectivity index (χ1n) is 8.09. The molecule has 124 valence electrons. The molecule has 0 radical (unpaired) electrons. The van der Waals surface area contributed by atoms with E-state index < -0.39 is 12.2 Å². The molecule has 0 fully saturated rings. The Labute approximate surface area is 144 Å². The SMILES string of the molecule is CC(O)[C@@H](Oc1ncnc2sc3c(c12)CCNC3)c1ccccc1. The maximum atomic E-state index is 10.2. The molecule has 24 heavy (non-hydrogen) atoms. The number of rotatable bonds is 4. The third-order valence-corrected chi connectivity index (χ3v) is 5.42. The normalized spacial score (nSPS) is 16.6. The number of nitrogens with one attached hydrogen (secondary N) is 1. The number of aromatic nitrogens is 2. The zero-order valence-electron chi connectivity index (χ0n) is 13.4. The standard InChI is InChI=1S/C18H19N3O2S/c1-11(22)16(12-5-3-2-4-6-12)23-17-15-13-7-8-19-9-14(13)24-18(15)21-10-20-17/h2-6,10-11,16,19,22H,7-9H2,1H3/t11?,16-/m1/s1. The van der Waals surface area contributed by atoms with Crippen molar-refractivity contribution in [3.05, 3.63) is 52.7 Å². The van der Waals surface area contributed by atoms with E-state index in [1.807, 2.05) is 30.3 Å². The van der Waals surface area contributed by atoms with Crippen molar-refractivity contribution in [1.82, 2.24) is 15.3 Å². The lowest BCUT2D eigenvalue weighted by atomic mass is 10.0. The van der Waals surface area contributed by atoms with E-state index in [1.165, 1.54) is 16.8 Å². The highest BCUT2D eigenvalue weighted by Crippen LogP contribution is 2.38. The Morgan fingerprint density at radius 3 is 2.88 bits per heavy atom. The molecular weight excluding hydrogens is 322 g/mol. The molecule has 1 aromatic carbocycles. The molecular formula is C18H19N3O2S. The lowest BCUT2D eigenvalue weighted by Crippen LogP contribution is -2.23. The van der Waals surface area contributed by atoms with Crippen molar-refractivity contribution < 1.29 is 9.84 Å². The van der Waals surface area contributed by atoms with Crippen LogP contribution in [0.4, 0.5) is 0 Å². The maximum absolute atomic E-state index is 10.2. The van der Waals surface area contributed by atoms with Crippen LogP contribution in [-0.4, -0.2) is 27.7 Å². The average molecular weight is 341 g/mol. The first kappa shape index (κ1) is 15.5. The Bertz CT molecular complexity index is 848. The van der Waals surface area contributed by atoms with Crippen molar-refractivity contribution >= 4 is 21.6 Å². The van der Waals surface area contributed by atoms with Gasteiger partial charge in [-0.05, 0) is 31.0 Å². The second-order valence-electron chi connectivity index (χ2n) is 5.98. The Morgan fingerprint density at radius 1 is 1.25 bits per heavy atom. The highest BCUT2D eigenvalue weighted by atomic mass is 32.1. The van der Waals surface area contributed by atoms with E-state index in [0.717, 1.165) is 35.3 Å². The summed E-state index contributed by atoms with van der Waals surface area (Å²) in [6, 6.07) is 9.77. The van der Waals surface area contributed by atoms with Gasteiger partial charge in [-0.15, -0.1) is 11.3 Å². The van der Waals surface area contributed by atoms with Gasteiger partial charge in [-0.25, -0.2) is 9.97 Å². The van der Waals surface area contributed by atoms with E-state index in [4.69, 9.17) is 4.74 Å². The lowest BCUT2D eigenvalue weighted by Gasteiger charge is -2.22. The molecule has 0 amide bonds. The topological polar surface area (TPSA) is 67.3 Å². The zero-order chi connectivity index (χ0) is 16.5. The fraction of sp³-hybridized carbons (Fsp3) is 0.333. The summed E-state index contributed by atoms with van der Waals surface area (Å²) in [5.74, 6) is 0.564. The highest BCUT2D eigenvalue weighted by molar-refractivity contribution is 7.18. The van der Waals surface area contributed by atoms with Crippen LogP contribution in [-0.2, 0) is 13.0 Å². The monoisotopic (exact) mass is 341 g/mol. The summed E-state index contributed by atoms with van der Waals surface area (Å²) >= 11 is 1.69. The van der Waals surface area contributed by atoms with Gasteiger partial charge in [0.1, 0.15) is 11.2 Å². The molecule has 1 aliphatic rings. The minimum absolute atomic E-state index is 0.457. The first-order chi connectivity index (χ1) is 11.7. The van der Waals surface area contributed by atoms with Gasteiger partial charge < -0.3 is 15.2 Å². The number of aliphatic hydroxyl groups is 1. The predicted octanol–water partition coefficient (Wildman–Crippen LogP) is 2.84. The van der Waals surface area contributed by atoms with E-state index >= 15 is 0 Å². The van der Waals surface area contributed by atoms with E-state index in [9.17, 15) is 5.11 Å². The van der Waals surface area contributed by atoms with Gasteiger partial charge in [0.05, 0.1) is 11.5 Å². The summed E-state index contributed by atoms with van der Waals surface area (Å²) in [6.07, 6.45) is 1.39. The van der Waals surface area contributed by atoms with Crippen LogP contribution in [0.25, 0.3) is 10.2 Å². The van der Waals surface area contributed by atoms with Gasteiger partial charge >= 0.3 is 0 Å². The number of thiophene rings is 1. The van der Waals surface area contributed by atoms with Crippen molar-refractivity contribution in [2.75, 3.05) is 6.54 Å². The molecule has 0 saturated heterocycles. The van der Waals surface area contributed by atoms with E-state index in [-0.39, 0.29) is 0 Å². The molecule has 6 heteroatoms. The van der Waals surface area contributed by atoms with Crippen LogP contribution in [0.15, 0.2) is 36.7 Å². The Balaban J connectivity index is 1.77. The Kier molecular flexibility index (Phi) is 4.18. The molecule has 3 aromatic rings. The quantitative estimate of drug-likeness (QED) is 0.764. The third kappa shape index (κ3) is 2.77. The minimum Gasteiger partial charge on any atom is -0.466 e. The van der Waals surface area contributed by atoms with Crippen molar-refractivity contribution in [3.8, 4) is 5.88 Å². The number of hydrogen-bond acceptors (Lipinski definition) is 6. The fourth-order valence-electron chi connectivity index (χ4n) is 3.13. The molecule has 0 bridgehead atoms. The maximum Gasteiger partial charge on any atom is 0.226 e. The van der Waals surface area contributed by atoms with Gasteiger partial charge in [0.15, 0.2) is 6.10 Å². The molecule has 1 aliphatic heterocycles. The molecule has 2 N–H and O–H groups in total. The van der Waals surface area contributed by atoms with Crippen LogP contribution in [0.2, 0.25) is 0 Å². The summed E-state index contributed by atoms with van der Waals surface area (Å²) in [6.45, 7) is 3.56. The molecule has 4 rings (SSSR count). The number of fused-ring (bicyclic) bond motifs is 3. The smallest absolute Gasteiger partial charge is 0.226 e. The lowest BCUT2D eigenvalue weighted by molar-refractivity contribution is 0.0460. The molecule has 3 heterocycles. The third-order valence-electron chi connectivity index (χ3n) is 4.28. The number of ether oxygens (including phenoxy) is 1. The first-order valence-corrected chi connectivity index (χ1v) is 8.91. The number of nitrogens with zero attached hydrogens (tertiary/aromatic N) is 2. The van der Waals surface area contributed by atoms with Crippen molar-refractivity contribution in [2.24, 2.45) is 0 Å². The van der Waals surface area contributed by atoms with E-state index in [1.54, 1.807) is 18.3 Å². The fourth-order valence-corrected chi connectivity index (χ4v) is 4.27. The predicted molar refractivity (Wildman–Crippen MR) is 94.3 cm³/mol. The highest BCUT2D eigenvalue weighted by Gasteiger charge is 2.25. The van der Waals surface area contributed by atoms with Gasteiger partial charge in [-0.2, -0.15) is 0 Å². The van der Waals surface area contributed by atoms with Crippen molar-refractivity contribution in [1.29, 1.82) is 0 Å². The van der Waals surface area contributed by atoms with E-state index in [2.05, 4.69) is 15.3 Å². The molecule has 2 aromatic heterocycles. The van der Waals surface area contributed by atoms with Gasteiger partial charge in [-0.1, -0.05) is 30.3 Å². The molecule has 0 spiro atoms. The summed E-state index contributed by atoms with van der Waals surface area (Å²) in [5, 5.41) is 14.6. The molecule has 0 aliphatic carbocycles. The van der Waals surface area contributed by atoms with Crippen LogP contribution in [0, 0.1) is 0 Å². The van der Waals surface area contributed by atoms with Crippen LogP contribution in [0.3, 0.4) is 0 Å². The molecule has 2 atom stereocenters. The second-order valence-corrected chi connectivity index (χ2v) is 7.06. The molecule has 0 saturated carbocycles. The number of aliphatic hydroxyl groups excluding tert-OH is 1. The van der Waals surface area contributed by atoms with E-state index in [0.29, 0.717) is 5.88 Å². The molecule has 1 unspecified atom stereocenters. The Hall–Kier alpha value is -2.02. The summed E-state index contributed by atoms with van der Waals surface area (Å²) in [5.41, 5.74) is 2.21. The minimum atomic E-state index is -0.645. The average Bonchev–Trinajstić information content (AvgIpc) is 2.99. The largest absolute Gasteiger partial charge is 0.466 e. The summed E-state index contributed by atoms with van der Waals surface area (Å²) < 4.78 is 6.18. The zero-order valence-corrected chi connectivity index (χ0v) is 14.2. The van der Waals surface area contributed by atoms with Gasteiger partial charge in [0, 0.05) is 11.4 Å². The van der Waals surface area contributed by atoms with Gasteiger partial charge in [-0.3, -0.25) is 0 Å². The van der Waals surface area contributed by atoms with Gasteiger partial charge in [0.25, 0.3) is 0 Å². The summed E-state index contributed by atoms with van der Waals surface area (Å²) in [7, 11) is 0. The molecule has 5 nitrogen and oxygen atoms in total. The second kappa shape index (κ2) is 6.47.